The summed E-state index contributed by atoms with van der Waals surface area (Å²) in [6, 6.07) is 5.08. The summed E-state index contributed by atoms with van der Waals surface area (Å²) in [5, 5.41) is 36.6. The van der Waals surface area contributed by atoms with Gasteiger partial charge in [-0.15, -0.1) is 0 Å². The number of aliphatic hydroxyl groups is 1. The van der Waals surface area contributed by atoms with Crippen molar-refractivity contribution in [2.45, 2.75) is 12.6 Å². The summed E-state index contributed by atoms with van der Waals surface area (Å²) >= 11 is 0. The van der Waals surface area contributed by atoms with Gasteiger partial charge in [0.2, 0.25) is 0 Å². The molecular formula is C10H9N5O. The molecule has 0 unspecified atom stereocenters. The van der Waals surface area contributed by atoms with Gasteiger partial charge in [0.15, 0.2) is 5.72 Å². The summed E-state index contributed by atoms with van der Waals surface area (Å²) in [5.74, 6) is 0.0468. The Kier molecular flexibility index (Phi) is 2.59. The van der Waals surface area contributed by atoms with Gasteiger partial charge in [0.1, 0.15) is 35.2 Å². The molecule has 0 bridgehead atoms. The average molecular weight is 215 g/mol. The van der Waals surface area contributed by atoms with Gasteiger partial charge in [0.05, 0.1) is 5.57 Å². The van der Waals surface area contributed by atoms with Gasteiger partial charge in [-0.3, -0.25) is 0 Å². The van der Waals surface area contributed by atoms with Crippen molar-refractivity contribution in [3.8, 4) is 18.2 Å². The minimum absolute atomic E-state index is 0.0365. The number of allylic oxidation sites excluding steroid dienone is 1. The number of nitrogens with zero attached hydrogens (tertiary/aromatic N) is 4. The van der Waals surface area contributed by atoms with Crippen LogP contribution in [0.3, 0.4) is 0 Å². The summed E-state index contributed by atoms with van der Waals surface area (Å²) in [6.07, 6.45) is 0. The van der Waals surface area contributed by atoms with Crippen LogP contribution in [0, 0.1) is 34.0 Å². The summed E-state index contributed by atoms with van der Waals surface area (Å²) in [5.41, 5.74) is 3.61. The minimum atomic E-state index is -1.62. The van der Waals surface area contributed by atoms with Crippen LogP contribution in [0.2, 0.25) is 0 Å². The van der Waals surface area contributed by atoms with Crippen molar-refractivity contribution in [1.82, 2.24) is 4.90 Å². The first-order chi connectivity index (χ1) is 7.41. The summed E-state index contributed by atoms with van der Waals surface area (Å²) in [6.45, 7) is 1.37. The van der Waals surface area contributed by atoms with Crippen molar-refractivity contribution >= 4 is 0 Å². The summed E-state index contributed by atoms with van der Waals surface area (Å²) in [7, 11) is 1.48. The normalized spacial score (nSPS) is 23.8. The molecule has 16 heavy (non-hydrogen) atoms. The van der Waals surface area contributed by atoms with Crippen molar-refractivity contribution in [2.24, 2.45) is 5.73 Å². The maximum atomic E-state index is 10.1. The molecule has 6 nitrogen and oxygen atoms in total. The molecule has 1 rings (SSSR count). The Bertz CT molecular complexity index is 505. The van der Waals surface area contributed by atoms with E-state index in [-0.39, 0.29) is 22.5 Å². The molecule has 0 saturated carbocycles. The molecule has 1 aliphatic heterocycles. The van der Waals surface area contributed by atoms with E-state index < -0.39 is 5.72 Å². The maximum Gasteiger partial charge on any atom is 0.165 e. The van der Waals surface area contributed by atoms with Gasteiger partial charge in [0, 0.05) is 7.05 Å². The lowest BCUT2D eigenvalue weighted by Gasteiger charge is -2.29. The van der Waals surface area contributed by atoms with Crippen molar-refractivity contribution in [3.05, 3.63) is 22.5 Å². The molecule has 0 fully saturated rings. The predicted molar refractivity (Wildman–Crippen MR) is 53.5 cm³/mol. The van der Waals surface area contributed by atoms with Gasteiger partial charge >= 0.3 is 0 Å². The minimum Gasteiger partial charge on any atom is -0.384 e. The molecule has 0 aromatic heterocycles. The second-order valence-electron chi connectivity index (χ2n) is 3.43. The number of likely N-dealkylation sites (N-methyl/N-ethyl adjacent to an activating group) is 1. The van der Waals surface area contributed by atoms with E-state index in [0.29, 0.717) is 0 Å². The van der Waals surface area contributed by atoms with Crippen LogP contribution in [0.15, 0.2) is 22.5 Å². The molecule has 0 radical (unpaired) electrons. The molecular weight excluding hydrogens is 206 g/mol. The lowest BCUT2D eigenvalue weighted by atomic mass is 9.96. The second-order valence-corrected chi connectivity index (χ2v) is 3.43. The van der Waals surface area contributed by atoms with Crippen LogP contribution in [0.25, 0.3) is 0 Å². The van der Waals surface area contributed by atoms with E-state index >= 15 is 0 Å². The SMILES string of the molecule is CN1C(N)=C(C#N)C(=C(C#N)C#N)[C@]1(C)O. The Morgan fingerprint density at radius 1 is 1.38 bits per heavy atom. The average Bonchev–Trinajstić information content (AvgIpc) is 2.42. The molecule has 80 valence electrons. The lowest BCUT2D eigenvalue weighted by Crippen LogP contribution is -2.41. The number of nitrogens with two attached hydrogens (primary N) is 1. The Morgan fingerprint density at radius 2 is 1.88 bits per heavy atom. The third-order valence-corrected chi connectivity index (χ3v) is 2.58. The zero-order valence-corrected chi connectivity index (χ0v) is 8.81. The summed E-state index contributed by atoms with van der Waals surface area (Å²) in [4.78, 5) is 1.25. The third kappa shape index (κ3) is 1.28. The molecule has 6 heteroatoms. The third-order valence-electron chi connectivity index (χ3n) is 2.58. The van der Waals surface area contributed by atoms with Gasteiger partial charge < -0.3 is 15.7 Å². The largest absolute Gasteiger partial charge is 0.384 e. The molecule has 3 N–H and O–H groups in total. The van der Waals surface area contributed by atoms with Crippen LogP contribution >= 0.6 is 0 Å². The first-order valence-electron chi connectivity index (χ1n) is 4.33. The van der Waals surface area contributed by atoms with Crippen LogP contribution in [0.1, 0.15) is 6.92 Å². The zero-order chi connectivity index (χ0) is 12.5. The van der Waals surface area contributed by atoms with Crippen molar-refractivity contribution in [3.63, 3.8) is 0 Å². The maximum absolute atomic E-state index is 10.1. The molecule has 0 aliphatic carbocycles. The molecule has 0 aromatic carbocycles. The van der Waals surface area contributed by atoms with Crippen LogP contribution < -0.4 is 5.73 Å². The number of rotatable bonds is 0. The highest BCUT2D eigenvalue weighted by Gasteiger charge is 2.44. The quantitative estimate of drug-likeness (QED) is 0.534. The molecule has 0 saturated heterocycles. The Labute approximate surface area is 92.7 Å². The number of hydrogen-bond acceptors (Lipinski definition) is 6. The molecule has 1 atom stereocenters. The topological polar surface area (TPSA) is 121 Å². The van der Waals surface area contributed by atoms with Gasteiger partial charge in [-0.25, -0.2) is 0 Å². The van der Waals surface area contributed by atoms with E-state index in [1.165, 1.54) is 18.9 Å². The lowest BCUT2D eigenvalue weighted by molar-refractivity contribution is -0.0138. The van der Waals surface area contributed by atoms with E-state index in [0.717, 1.165) is 0 Å². The van der Waals surface area contributed by atoms with Crippen molar-refractivity contribution < 1.29 is 5.11 Å². The number of nitriles is 3. The van der Waals surface area contributed by atoms with Gasteiger partial charge in [-0.2, -0.15) is 15.8 Å². The van der Waals surface area contributed by atoms with E-state index in [4.69, 9.17) is 21.5 Å². The molecule has 1 heterocycles. The van der Waals surface area contributed by atoms with Crippen LogP contribution in [0.4, 0.5) is 0 Å². The van der Waals surface area contributed by atoms with Gasteiger partial charge in [-0.1, -0.05) is 0 Å². The van der Waals surface area contributed by atoms with Gasteiger partial charge in [0.25, 0.3) is 0 Å². The smallest absolute Gasteiger partial charge is 0.165 e. The van der Waals surface area contributed by atoms with E-state index in [1.54, 1.807) is 18.2 Å². The van der Waals surface area contributed by atoms with E-state index in [2.05, 4.69) is 0 Å². The Morgan fingerprint density at radius 3 is 2.25 bits per heavy atom. The molecule has 0 spiro atoms. The van der Waals surface area contributed by atoms with Crippen molar-refractivity contribution in [2.75, 3.05) is 7.05 Å². The standard InChI is InChI=1S/C10H9N5O/c1-10(16)8(6(3-11)4-12)7(5-13)9(14)15(10)2/h16H,14H2,1-2H3/t10-/m0/s1. The van der Waals surface area contributed by atoms with E-state index in [1.807, 2.05) is 0 Å². The first kappa shape index (κ1) is 11.6. The highest BCUT2D eigenvalue weighted by Crippen LogP contribution is 2.38. The number of hydrogen-bond donors (Lipinski definition) is 2. The van der Waals surface area contributed by atoms with Crippen LogP contribution in [-0.4, -0.2) is 22.8 Å². The van der Waals surface area contributed by atoms with Gasteiger partial charge in [-0.05, 0) is 6.92 Å². The highest BCUT2D eigenvalue weighted by atomic mass is 16.3. The Hall–Kier alpha value is -2.49. The highest BCUT2D eigenvalue weighted by molar-refractivity contribution is 5.61. The molecule has 1 aliphatic rings. The first-order valence-corrected chi connectivity index (χ1v) is 4.33. The monoisotopic (exact) mass is 215 g/mol. The predicted octanol–water partition coefficient (Wildman–Crippen LogP) is -0.322. The molecule has 0 aromatic rings. The fourth-order valence-corrected chi connectivity index (χ4v) is 1.55. The Balaban J connectivity index is 3.65. The fourth-order valence-electron chi connectivity index (χ4n) is 1.55. The van der Waals surface area contributed by atoms with E-state index in [9.17, 15) is 5.11 Å². The van der Waals surface area contributed by atoms with Crippen LogP contribution in [0.5, 0.6) is 0 Å². The molecule has 0 amide bonds. The second kappa shape index (κ2) is 3.58. The zero-order valence-electron chi connectivity index (χ0n) is 8.81. The van der Waals surface area contributed by atoms with Crippen molar-refractivity contribution in [1.29, 1.82) is 15.8 Å². The fraction of sp³-hybridized carbons (Fsp3) is 0.300. The summed E-state index contributed by atoms with van der Waals surface area (Å²) < 4.78 is 0. The van der Waals surface area contributed by atoms with Crippen LogP contribution in [-0.2, 0) is 0 Å².